The molecule has 1 heterocycles. The maximum absolute atomic E-state index is 10.8. The van der Waals surface area contributed by atoms with Gasteiger partial charge in [0.1, 0.15) is 0 Å². The van der Waals surface area contributed by atoms with E-state index in [9.17, 15) is 10.1 Å². The van der Waals surface area contributed by atoms with Gasteiger partial charge in [-0.2, -0.15) is 0 Å². The molecule has 0 fully saturated rings. The van der Waals surface area contributed by atoms with Crippen molar-refractivity contribution in [2.45, 2.75) is 6.42 Å². The number of anilines is 1. The van der Waals surface area contributed by atoms with Crippen LogP contribution in [0.5, 0.6) is 0 Å². The van der Waals surface area contributed by atoms with Crippen molar-refractivity contribution >= 4 is 23.1 Å². The van der Waals surface area contributed by atoms with E-state index in [2.05, 4.69) is 10.3 Å². The summed E-state index contributed by atoms with van der Waals surface area (Å²) in [7, 11) is 0. The molecule has 1 aromatic carbocycles. The van der Waals surface area contributed by atoms with Crippen molar-refractivity contribution in [3.8, 4) is 0 Å². The lowest BCUT2D eigenvalue weighted by molar-refractivity contribution is -0.384. The van der Waals surface area contributed by atoms with E-state index in [1.54, 1.807) is 6.07 Å². The number of nitrogens with one attached hydrogen (secondary N) is 1. The average Bonchev–Trinajstić information content (AvgIpc) is 2.39. The Bertz CT molecular complexity index is 590. The second kappa shape index (κ2) is 6.15. The first-order valence-corrected chi connectivity index (χ1v) is 6.12. The van der Waals surface area contributed by atoms with Crippen LogP contribution in [0, 0.1) is 10.1 Å². The summed E-state index contributed by atoms with van der Waals surface area (Å²) in [6.07, 6.45) is 2.24. The molecule has 2 aromatic rings. The largest absolute Gasteiger partial charge is 0.364 e. The van der Waals surface area contributed by atoms with Crippen molar-refractivity contribution in [1.82, 2.24) is 4.98 Å². The summed E-state index contributed by atoms with van der Waals surface area (Å²) in [5, 5.41) is 14.5. The van der Waals surface area contributed by atoms with Crippen molar-refractivity contribution < 1.29 is 4.92 Å². The number of hydrogen-bond acceptors (Lipinski definition) is 4. The Balaban J connectivity index is 1.98. The van der Waals surface area contributed by atoms with Gasteiger partial charge in [-0.1, -0.05) is 23.7 Å². The quantitative estimate of drug-likeness (QED) is 0.672. The fraction of sp³-hybridized carbons (Fsp3) is 0.154. The molecule has 0 aliphatic heterocycles. The van der Waals surface area contributed by atoms with Crippen LogP contribution < -0.4 is 5.32 Å². The monoisotopic (exact) mass is 277 g/mol. The molecule has 0 amide bonds. The fourth-order valence-electron chi connectivity index (χ4n) is 1.70. The molecule has 6 heteroatoms. The maximum atomic E-state index is 10.8. The van der Waals surface area contributed by atoms with Crippen LogP contribution in [0.15, 0.2) is 42.6 Å². The van der Waals surface area contributed by atoms with Crippen molar-refractivity contribution in [3.63, 3.8) is 0 Å². The Morgan fingerprint density at radius 2 is 2.16 bits per heavy atom. The number of rotatable bonds is 5. The van der Waals surface area contributed by atoms with Crippen molar-refractivity contribution in [1.29, 1.82) is 0 Å². The molecule has 98 valence electrons. The van der Waals surface area contributed by atoms with Gasteiger partial charge >= 0.3 is 5.69 Å². The Labute approximate surface area is 115 Å². The molecule has 0 aliphatic rings. The molecule has 0 saturated carbocycles. The van der Waals surface area contributed by atoms with E-state index in [1.807, 2.05) is 24.3 Å². The minimum Gasteiger partial charge on any atom is -0.364 e. The summed E-state index contributed by atoms with van der Waals surface area (Å²) in [4.78, 5) is 14.3. The highest BCUT2D eigenvalue weighted by Crippen LogP contribution is 2.20. The van der Waals surface area contributed by atoms with E-state index < -0.39 is 4.92 Å². The minimum atomic E-state index is -0.450. The van der Waals surface area contributed by atoms with Crippen LogP contribution >= 0.6 is 11.6 Å². The summed E-state index contributed by atoms with van der Waals surface area (Å²) in [5.41, 5.74) is 1.05. The SMILES string of the molecule is O=[N+]([O-])c1cccnc1NCCc1cccc(Cl)c1. The molecule has 2 rings (SSSR count). The molecule has 19 heavy (non-hydrogen) atoms. The zero-order valence-corrected chi connectivity index (χ0v) is 10.8. The predicted octanol–water partition coefficient (Wildman–Crippen LogP) is 3.30. The number of nitro groups is 1. The lowest BCUT2D eigenvalue weighted by atomic mass is 10.1. The average molecular weight is 278 g/mol. The Kier molecular flexibility index (Phi) is 4.30. The second-order valence-corrected chi connectivity index (χ2v) is 4.37. The normalized spacial score (nSPS) is 10.2. The number of aromatic nitrogens is 1. The van der Waals surface area contributed by atoms with Crippen LogP contribution in [0.25, 0.3) is 0 Å². The van der Waals surface area contributed by atoms with Gasteiger partial charge < -0.3 is 5.32 Å². The number of nitrogens with zero attached hydrogens (tertiary/aromatic N) is 2. The molecule has 5 nitrogen and oxygen atoms in total. The molecule has 0 spiro atoms. The molecule has 0 bridgehead atoms. The van der Waals surface area contributed by atoms with Crippen LogP contribution in [0.1, 0.15) is 5.56 Å². The lowest BCUT2D eigenvalue weighted by Crippen LogP contribution is -2.08. The summed E-state index contributed by atoms with van der Waals surface area (Å²) < 4.78 is 0. The zero-order valence-electron chi connectivity index (χ0n) is 10.0. The van der Waals surface area contributed by atoms with E-state index in [-0.39, 0.29) is 11.5 Å². The first kappa shape index (κ1) is 13.3. The van der Waals surface area contributed by atoms with Crippen LogP contribution in [0.2, 0.25) is 5.02 Å². The molecular weight excluding hydrogens is 266 g/mol. The molecular formula is C13H12ClN3O2. The van der Waals surface area contributed by atoms with Gasteiger partial charge in [-0.15, -0.1) is 0 Å². The van der Waals surface area contributed by atoms with Gasteiger partial charge in [0.25, 0.3) is 0 Å². The summed E-state index contributed by atoms with van der Waals surface area (Å²) in [6, 6.07) is 10.5. The van der Waals surface area contributed by atoms with E-state index in [1.165, 1.54) is 12.3 Å². The highest BCUT2D eigenvalue weighted by molar-refractivity contribution is 6.30. The number of pyridine rings is 1. The van der Waals surface area contributed by atoms with Crippen molar-refractivity contribution in [2.75, 3.05) is 11.9 Å². The summed E-state index contributed by atoms with van der Waals surface area (Å²) in [5.74, 6) is 0.287. The van der Waals surface area contributed by atoms with Crippen LogP contribution in [-0.2, 0) is 6.42 Å². The summed E-state index contributed by atoms with van der Waals surface area (Å²) in [6.45, 7) is 0.554. The lowest BCUT2D eigenvalue weighted by Gasteiger charge is -2.06. The second-order valence-electron chi connectivity index (χ2n) is 3.93. The maximum Gasteiger partial charge on any atom is 0.311 e. The fourth-order valence-corrected chi connectivity index (χ4v) is 1.91. The predicted molar refractivity (Wildman–Crippen MR) is 74.5 cm³/mol. The summed E-state index contributed by atoms with van der Waals surface area (Å²) >= 11 is 5.89. The Morgan fingerprint density at radius 1 is 1.32 bits per heavy atom. The topological polar surface area (TPSA) is 68.1 Å². The highest BCUT2D eigenvalue weighted by Gasteiger charge is 2.12. The molecule has 0 atom stereocenters. The number of halogens is 1. The van der Waals surface area contributed by atoms with E-state index in [0.717, 1.165) is 5.56 Å². The third-order valence-electron chi connectivity index (χ3n) is 2.58. The zero-order chi connectivity index (χ0) is 13.7. The smallest absolute Gasteiger partial charge is 0.311 e. The van der Waals surface area contributed by atoms with Crippen LogP contribution in [0.3, 0.4) is 0 Å². The van der Waals surface area contributed by atoms with E-state index in [0.29, 0.717) is 18.0 Å². The number of benzene rings is 1. The molecule has 0 radical (unpaired) electrons. The van der Waals surface area contributed by atoms with Gasteiger partial charge in [0.05, 0.1) is 4.92 Å². The Hall–Kier alpha value is -2.14. The van der Waals surface area contributed by atoms with Crippen LogP contribution in [-0.4, -0.2) is 16.5 Å². The first-order valence-electron chi connectivity index (χ1n) is 5.74. The third kappa shape index (κ3) is 3.66. The molecule has 0 aliphatic carbocycles. The van der Waals surface area contributed by atoms with Gasteiger partial charge in [0, 0.05) is 23.8 Å². The standard InChI is InChI=1S/C13H12ClN3O2/c14-11-4-1-3-10(9-11)6-8-16-13-12(17(18)19)5-2-7-15-13/h1-5,7,9H,6,8H2,(H,15,16). The third-order valence-corrected chi connectivity index (χ3v) is 2.81. The van der Waals surface area contributed by atoms with Gasteiger partial charge in [-0.25, -0.2) is 4.98 Å². The van der Waals surface area contributed by atoms with E-state index in [4.69, 9.17) is 11.6 Å². The van der Waals surface area contributed by atoms with Gasteiger partial charge in [0.15, 0.2) is 0 Å². The highest BCUT2D eigenvalue weighted by atomic mass is 35.5. The van der Waals surface area contributed by atoms with Crippen molar-refractivity contribution in [3.05, 3.63) is 63.3 Å². The van der Waals surface area contributed by atoms with Gasteiger partial charge in [-0.05, 0) is 30.2 Å². The molecule has 0 unspecified atom stereocenters. The van der Waals surface area contributed by atoms with Gasteiger partial charge in [-0.3, -0.25) is 10.1 Å². The number of hydrogen-bond donors (Lipinski definition) is 1. The first-order chi connectivity index (χ1) is 9.16. The van der Waals surface area contributed by atoms with Crippen molar-refractivity contribution in [2.24, 2.45) is 0 Å². The molecule has 1 aromatic heterocycles. The van der Waals surface area contributed by atoms with E-state index >= 15 is 0 Å². The van der Waals surface area contributed by atoms with Gasteiger partial charge in [0.2, 0.25) is 5.82 Å². The minimum absolute atomic E-state index is 0.0198. The Morgan fingerprint density at radius 3 is 2.89 bits per heavy atom. The molecule has 1 N–H and O–H groups in total. The molecule has 0 saturated heterocycles. The van der Waals surface area contributed by atoms with Crippen LogP contribution in [0.4, 0.5) is 11.5 Å².